The Morgan fingerprint density at radius 3 is 3.00 bits per heavy atom. The molecule has 1 aliphatic heterocycles. The molecule has 1 saturated heterocycles. The number of benzene rings is 1. The van der Waals surface area contributed by atoms with Gasteiger partial charge in [0.2, 0.25) is 0 Å². The number of hydrogen-bond acceptors (Lipinski definition) is 5. The lowest BCUT2D eigenvalue weighted by molar-refractivity contribution is -0.150. The minimum absolute atomic E-state index is 0.148. The minimum Gasteiger partial charge on any atom is -0.494 e. The second-order valence-corrected chi connectivity index (χ2v) is 5.02. The first-order chi connectivity index (χ1) is 10.2. The summed E-state index contributed by atoms with van der Waals surface area (Å²) in [7, 11) is 0. The van der Waals surface area contributed by atoms with Crippen molar-refractivity contribution in [2.75, 3.05) is 32.8 Å². The fraction of sp³-hybridized carbons (Fsp3) is 0.562. The Morgan fingerprint density at radius 1 is 1.38 bits per heavy atom. The molecule has 0 spiro atoms. The fourth-order valence-electron chi connectivity index (χ4n) is 2.54. The standard InChI is InChI=1S/C16H24N2O3/c1-3-20-14-7-5-6-13(10-14)12-18-9-8-17-11-15(18)16(19)21-4-2/h5-7,10,15,17H,3-4,8-9,11-12H2,1-2H3. The topological polar surface area (TPSA) is 50.8 Å². The Labute approximate surface area is 126 Å². The summed E-state index contributed by atoms with van der Waals surface area (Å²) in [5.74, 6) is 0.725. The normalized spacial score (nSPS) is 19.2. The van der Waals surface area contributed by atoms with Crippen LogP contribution in [-0.4, -0.2) is 49.8 Å². The van der Waals surface area contributed by atoms with E-state index in [0.29, 0.717) is 19.8 Å². The van der Waals surface area contributed by atoms with Crippen LogP contribution in [0.25, 0.3) is 0 Å². The average Bonchev–Trinajstić information content (AvgIpc) is 2.49. The van der Waals surface area contributed by atoms with Crippen LogP contribution in [0.3, 0.4) is 0 Å². The van der Waals surface area contributed by atoms with Gasteiger partial charge in [0.15, 0.2) is 0 Å². The summed E-state index contributed by atoms with van der Waals surface area (Å²) >= 11 is 0. The van der Waals surface area contributed by atoms with Gasteiger partial charge in [-0.05, 0) is 31.5 Å². The van der Waals surface area contributed by atoms with Gasteiger partial charge in [-0.1, -0.05) is 12.1 Å². The number of hydrogen-bond donors (Lipinski definition) is 1. The van der Waals surface area contributed by atoms with E-state index in [9.17, 15) is 4.79 Å². The van der Waals surface area contributed by atoms with Crippen LogP contribution in [0.2, 0.25) is 0 Å². The molecule has 0 aromatic heterocycles. The van der Waals surface area contributed by atoms with Gasteiger partial charge in [0.25, 0.3) is 0 Å². The number of rotatable bonds is 6. The van der Waals surface area contributed by atoms with Crippen molar-refractivity contribution in [3.63, 3.8) is 0 Å². The predicted molar refractivity (Wildman–Crippen MR) is 81.3 cm³/mol. The van der Waals surface area contributed by atoms with Crippen LogP contribution in [0, 0.1) is 0 Å². The minimum atomic E-state index is -0.213. The van der Waals surface area contributed by atoms with Crippen molar-refractivity contribution in [1.29, 1.82) is 0 Å². The van der Waals surface area contributed by atoms with Crippen molar-refractivity contribution in [3.05, 3.63) is 29.8 Å². The summed E-state index contributed by atoms with van der Waals surface area (Å²) in [5.41, 5.74) is 1.15. The summed E-state index contributed by atoms with van der Waals surface area (Å²) in [6.07, 6.45) is 0. The Balaban J connectivity index is 2.04. The third-order valence-electron chi connectivity index (χ3n) is 3.51. The molecule has 1 N–H and O–H groups in total. The van der Waals surface area contributed by atoms with Gasteiger partial charge < -0.3 is 14.8 Å². The maximum atomic E-state index is 12.0. The van der Waals surface area contributed by atoms with Crippen LogP contribution >= 0.6 is 0 Å². The zero-order valence-corrected chi connectivity index (χ0v) is 12.8. The van der Waals surface area contributed by atoms with Crippen LogP contribution in [0.4, 0.5) is 0 Å². The van der Waals surface area contributed by atoms with Crippen molar-refractivity contribution in [3.8, 4) is 5.75 Å². The van der Waals surface area contributed by atoms with Gasteiger partial charge in [-0.2, -0.15) is 0 Å². The second-order valence-electron chi connectivity index (χ2n) is 5.02. The van der Waals surface area contributed by atoms with Gasteiger partial charge in [0, 0.05) is 26.2 Å². The lowest BCUT2D eigenvalue weighted by Crippen LogP contribution is -2.54. The molecule has 1 aromatic carbocycles. The van der Waals surface area contributed by atoms with Crippen molar-refractivity contribution < 1.29 is 14.3 Å². The van der Waals surface area contributed by atoms with Gasteiger partial charge in [0.05, 0.1) is 13.2 Å². The van der Waals surface area contributed by atoms with Gasteiger partial charge >= 0.3 is 5.97 Å². The largest absolute Gasteiger partial charge is 0.494 e. The molecule has 2 rings (SSSR count). The van der Waals surface area contributed by atoms with Gasteiger partial charge in [-0.3, -0.25) is 9.69 Å². The molecule has 21 heavy (non-hydrogen) atoms. The number of piperazine rings is 1. The van der Waals surface area contributed by atoms with E-state index in [1.807, 2.05) is 32.0 Å². The van der Waals surface area contributed by atoms with E-state index in [1.54, 1.807) is 0 Å². The molecule has 1 heterocycles. The van der Waals surface area contributed by atoms with Gasteiger partial charge in [0.1, 0.15) is 11.8 Å². The molecule has 0 amide bonds. The Morgan fingerprint density at radius 2 is 2.24 bits per heavy atom. The third kappa shape index (κ3) is 4.44. The molecule has 116 valence electrons. The van der Waals surface area contributed by atoms with Crippen LogP contribution in [0.1, 0.15) is 19.4 Å². The Bertz CT molecular complexity index is 465. The van der Waals surface area contributed by atoms with Crippen LogP contribution in [-0.2, 0) is 16.1 Å². The van der Waals surface area contributed by atoms with Crippen molar-refractivity contribution in [1.82, 2.24) is 10.2 Å². The first kappa shape index (κ1) is 15.8. The molecular weight excluding hydrogens is 268 g/mol. The average molecular weight is 292 g/mol. The zero-order valence-electron chi connectivity index (χ0n) is 12.8. The van der Waals surface area contributed by atoms with Crippen molar-refractivity contribution >= 4 is 5.97 Å². The highest BCUT2D eigenvalue weighted by molar-refractivity contribution is 5.76. The molecule has 0 radical (unpaired) electrons. The first-order valence-corrected chi connectivity index (χ1v) is 7.57. The van der Waals surface area contributed by atoms with Crippen molar-refractivity contribution in [2.24, 2.45) is 0 Å². The monoisotopic (exact) mass is 292 g/mol. The lowest BCUT2D eigenvalue weighted by atomic mass is 10.1. The number of nitrogens with one attached hydrogen (secondary N) is 1. The number of esters is 1. The third-order valence-corrected chi connectivity index (χ3v) is 3.51. The Hall–Kier alpha value is -1.59. The molecular formula is C16H24N2O3. The molecule has 1 atom stereocenters. The van der Waals surface area contributed by atoms with E-state index in [2.05, 4.69) is 16.3 Å². The molecule has 1 aromatic rings. The van der Waals surface area contributed by atoms with Crippen LogP contribution < -0.4 is 10.1 Å². The fourth-order valence-corrected chi connectivity index (χ4v) is 2.54. The first-order valence-electron chi connectivity index (χ1n) is 7.57. The number of carbonyl (C=O) groups excluding carboxylic acids is 1. The molecule has 0 aliphatic carbocycles. The quantitative estimate of drug-likeness (QED) is 0.804. The summed E-state index contributed by atoms with van der Waals surface area (Å²) in [5, 5.41) is 3.25. The smallest absolute Gasteiger partial charge is 0.324 e. The molecule has 5 nitrogen and oxygen atoms in total. The highest BCUT2D eigenvalue weighted by atomic mass is 16.5. The van der Waals surface area contributed by atoms with E-state index in [0.717, 1.165) is 30.9 Å². The summed E-state index contributed by atoms with van der Waals surface area (Å²) in [4.78, 5) is 14.2. The molecule has 5 heteroatoms. The van der Waals surface area contributed by atoms with Gasteiger partial charge in [-0.25, -0.2) is 0 Å². The van der Waals surface area contributed by atoms with Crippen molar-refractivity contribution in [2.45, 2.75) is 26.4 Å². The van der Waals surface area contributed by atoms with E-state index in [-0.39, 0.29) is 12.0 Å². The highest BCUT2D eigenvalue weighted by Crippen LogP contribution is 2.17. The van der Waals surface area contributed by atoms with E-state index >= 15 is 0 Å². The summed E-state index contributed by atoms with van der Waals surface area (Å²) in [6, 6.07) is 7.82. The maximum absolute atomic E-state index is 12.0. The Kier molecular flexibility index (Phi) is 6.02. The molecule has 0 saturated carbocycles. The molecule has 1 aliphatic rings. The molecule has 1 unspecified atom stereocenters. The number of ether oxygens (including phenoxy) is 2. The van der Waals surface area contributed by atoms with Crippen LogP contribution in [0.5, 0.6) is 5.75 Å². The zero-order chi connectivity index (χ0) is 15.1. The highest BCUT2D eigenvalue weighted by Gasteiger charge is 2.29. The molecule has 0 bridgehead atoms. The summed E-state index contributed by atoms with van der Waals surface area (Å²) in [6.45, 7) is 7.98. The molecule has 1 fully saturated rings. The van der Waals surface area contributed by atoms with E-state index in [4.69, 9.17) is 9.47 Å². The lowest BCUT2D eigenvalue weighted by Gasteiger charge is -2.34. The van der Waals surface area contributed by atoms with E-state index in [1.165, 1.54) is 0 Å². The predicted octanol–water partition coefficient (Wildman–Crippen LogP) is 1.42. The van der Waals surface area contributed by atoms with Crippen LogP contribution in [0.15, 0.2) is 24.3 Å². The summed E-state index contributed by atoms with van der Waals surface area (Å²) < 4.78 is 10.7. The SMILES string of the molecule is CCOC(=O)C1CNCCN1Cc1cccc(OCC)c1. The maximum Gasteiger partial charge on any atom is 0.324 e. The number of carbonyl (C=O) groups is 1. The van der Waals surface area contributed by atoms with E-state index < -0.39 is 0 Å². The second kappa shape index (κ2) is 8.00. The number of nitrogens with zero attached hydrogens (tertiary/aromatic N) is 1. The van der Waals surface area contributed by atoms with Gasteiger partial charge in [-0.15, -0.1) is 0 Å².